The Morgan fingerprint density at radius 1 is 1.16 bits per heavy atom. The van der Waals surface area contributed by atoms with Gasteiger partial charge in [-0.15, -0.1) is 0 Å². The van der Waals surface area contributed by atoms with Crippen LogP contribution in [-0.4, -0.2) is 23.6 Å². The topological polar surface area (TPSA) is 75.6 Å². The average molecular weight is 337 g/mol. The Hall–Kier alpha value is -3.34. The van der Waals surface area contributed by atoms with Crippen LogP contribution >= 0.6 is 0 Å². The highest BCUT2D eigenvalue weighted by atomic mass is 16.5. The summed E-state index contributed by atoms with van der Waals surface area (Å²) in [5.41, 5.74) is 1.64. The number of hydrogen-bond donors (Lipinski definition) is 2. The van der Waals surface area contributed by atoms with Gasteiger partial charge in [-0.1, -0.05) is 36.9 Å². The molecule has 2 N–H and O–H groups in total. The molecule has 25 heavy (non-hydrogen) atoms. The van der Waals surface area contributed by atoms with Crippen LogP contribution in [0.15, 0.2) is 72.4 Å². The van der Waals surface area contributed by atoms with E-state index >= 15 is 0 Å². The summed E-state index contributed by atoms with van der Waals surface area (Å²) >= 11 is 0. The van der Waals surface area contributed by atoms with Gasteiger partial charge in [-0.3, -0.25) is 4.79 Å². The number of aliphatic carboxylic acids is 1. The van der Waals surface area contributed by atoms with E-state index in [1.807, 2.05) is 6.92 Å². The van der Waals surface area contributed by atoms with Crippen molar-refractivity contribution < 1.29 is 19.4 Å². The Morgan fingerprint density at radius 3 is 2.52 bits per heavy atom. The zero-order valence-corrected chi connectivity index (χ0v) is 13.9. The van der Waals surface area contributed by atoms with E-state index in [1.54, 1.807) is 54.6 Å². The Morgan fingerprint density at radius 2 is 1.88 bits per heavy atom. The molecule has 0 saturated heterocycles. The van der Waals surface area contributed by atoms with Crippen LogP contribution < -0.4 is 10.1 Å². The van der Waals surface area contributed by atoms with Crippen molar-refractivity contribution in [3.8, 4) is 5.75 Å². The lowest BCUT2D eigenvalue weighted by molar-refractivity contribution is -0.132. The number of rotatable bonds is 7. The van der Waals surface area contributed by atoms with E-state index in [1.165, 1.54) is 6.08 Å². The van der Waals surface area contributed by atoms with Crippen LogP contribution in [0, 0.1) is 0 Å². The van der Waals surface area contributed by atoms with Gasteiger partial charge in [0.2, 0.25) is 0 Å². The number of hydrogen-bond acceptors (Lipinski definition) is 3. The van der Waals surface area contributed by atoms with Gasteiger partial charge < -0.3 is 15.2 Å². The van der Waals surface area contributed by atoms with E-state index in [4.69, 9.17) is 4.74 Å². The summed E-state index contributed by atoms with van der Waals surface area (Å²) in [7, 11) is 0. The fraction of sp³-hybridized carbons (Fsp3) is 0.100. The summed E-state index contributed by atoms with van der Waals surface area (Å²) < 4.78 is 5.54. The normalized spacial score (nSPS) is 10.8. The number of benzene rings is 2. The molecule has 0 aliphatic carbocycles. The number of carboxylic acids is 1. The first kappa shape index (κ1) is 18.0. The SMILES string of the molecule is C=C(C)COc1cccc(C=C(NC(=O)c2ccccc2)C(=O)O)c1. The molecule has 2 aromatic rings. The van der Waals surface area contributed by atoms with Gasteiger partial charge in [-0.2, -0.15) is 0 Å². The van der Waals surface area contributed by atoms with E-state index in [0.717, 1.165) is 5.57 Å². The highest BCUT2D eigenvalue weighted by Crippen LogP contribution is 2.16. The maximum absolute atomic E-state index is 12.1. The Kier molecular flexibility index (Phi) is 6.12. The number of amides is 1. The van der Waals surface area contributed by atoms with Gasteiger partial charge in [0, 0.05) is 5.56 Å². The van der Waals surface area contributed by atoms with Gasteiger partial charge in [-0.25, -0.2) is 4.79 Å². The third kappa shape index (κ3) is 5.66. The molecular weight excluding hydrogens is 318 g/mol. The third-order valence-electron chi connectivity index (χ3n) is 3.17. The Labute approximate surface area is 146 Å². The zero-order chi connectivity index (χ0) is 18.2. The van der Waals surface area contributed by atoms with Crippen LogP contribution in [0.1, 0.15) is 22.8 Å². The molecule has 0 aliphatic heterocycles. The number of carboxylic acid groups (broad SMARTS) is 1. The molecular formula is C20H19NO4. The van der Waals surface area contributed by atoms with Crippen molar-refractivity contribution in [2.24, 2.45) is 0 Å². The lowest BCUT2D eigenvalue weighted by atomic mass is 10.1. The third-order valence-corrected chi connectivity index (χ3v) is 3.17. The van der Waals surface area contributed by atoms with Crippen molar-refractivity contribution in [2.75, 3.05) is 6.61 Å². The first-order chi connectivity index (χ1) is 12.0. The summed E-state index contributed by atoms with van der Waals surface area (Å²) in [5, 5.41) is 11.8. The molecule has 0 spiro atoms. The molecule has 0 heterocycles. The van der Waals surface area contributed by atoms with E-state index in [-0.39, 0.29) is 5.70 Å². The Bertz CT molecular complexity index is 809. The van der Waals surface area contributed by atoms with Crippen LogP contribution in [-0.2, 0) is 4.79 Å². The second kappa shape index (κ2) is 8.49. The van der Waals surface area contributed by atoms with Gasteiger partial charge in [0.15, 0.2) is 0 Å². The quantitative estimate of drug-likeness (QED) is 0.599. The second-order valence-electron chi connectivity index (χ2n) is 5.50. The number of carbonyl (C=O) groups is 2. The van der Waals surface area contributed by atoms with Crippen molar-refractivity contribution in [3.63, 3.8) is 0 Å². The van der Waals surface area contributed by atoms with Gasteiger partial charge in [0.25, 0.3) is 5.91 Å². The smallest absolute Gasteiger partial charge is 0.352 e. The molecule has 0 saturated carbocycles. The van der Waals surface area contributed by atoms with Crippen LogP contribution in [0.4, 0.5) is 0 Å². The largest absolute Gasteiger partial charge is 0.489 e. The molecule has 2 aromatic carbocycles. The average Bonchev–Trinajstić information content (AvgIpc) is 2.60. The predicted octanol–water partition coefficient (Wildman–Crippen LogP) is 3.50. The predicted molar refractivity (Wildman–Crippen MR) is 96.3 cm³/mol. The highest BCUT2D eigenvalue weighted by Gasteiger charge is 2.13. The highest BCUT2D eigenvalue weighted by molar-refractivity contribution is 6.02. The molecule has 0 aliphatic rings. The van der Waals surface area contributed by atoms with Gasteiger partial charge >= 0.3 is 5.97 Å². The Balaban J connectivity index is 2.19. The maximum atomic E-state index is 12.1. The van der Waals surface area contributed by atoms with E-state index in [9.17, 15) is 14.7 Å². The minimum Gasteiger partial charge on any atom is -0.489 e. The number of carbonyl (C=O) groups excluding carboxylic acids is 1. The van der Waals surface area contributed by atoms with E-state index in [2.05, 4.69) is 11.9 Å². The van der Waals surface area contributed by atoms with Crippen molar-refractivity contribution in [1.29, 1.82) is 0 Å². The molecule has 0 unspecified atom stereocenters. The maximum Gasteiger partial charge on any atom is 0.352 e. The molecule has 0 atom stereocenters. The molecule has 1 amide bonds. The minimum atomic E-state index is -1.22. The first-order valence-electron chi connectivity index (χ1n) is 7.64. The van der Waals surface area contributed by atoms with Crippen LogP contribution in [0.5, 0.6) is 5.75 Å². The van der Waals surface area contributed by atoms with Crippen LogP contribution in [0.3, 0.4) is 0 Å². The monoisotopic (exact) mass is 337 g/mol. The van der Waals surface area contributed by atoms with Crippen LogP contribution in [0.2, 0.25) is 0 Å². The van der Waals surface area contributed by atoms with E-state index in [0.29, 0.717) is 23.5 Å². The lowest BCUT2D eigenvalue weighted by Crippen LogP contribution is -2.27. The number of nitrogens with one attached hydrogen (secondary N) is 1. The van der Waals surface area contributed by atoms with Crippen molar-refractivity contribution in [3.05, 3.63) is 83.6 Å². The molecule has 0 bridgehead atoms. The molecule has 0 fully saturated rings. The van der Waals surface area contributed by atoms with Gasteiger partial charge in [-0.05, 0) is 48.4 Å². The molecule has 5 heteroatoms. The fourth-order valence-electron chi connectivity index (χ4n) is 2.00. The first-order valence-corrected chi connectivity index (χ1v) is 7.64. The standard InChI is InChI=1S/C20H19NO4/c1-14(2)13-25-17-10-6-7-15(11-17)12-18(20(23)24)21-19(22)16-8-4-3-5-9-16/h3-12H,1,13H2,2H3,(H,21,22)(H,23,24). The minimum absolute atomic E-state index is 0.217. The van der Waals surface area contributed by atoms with Gasteiger partial charge in [0.05, 0.1) is 0 Å². The lowest BCUT2D eigenvalue weighted by Gasteiger charge is -2.08. The zero-order valence-electron chi connectivity index (χ0n) is 13.9. The van der Waals surface area contributed by atoms with Gasteiger partial charge in [0.1, 0.15) is 18.1 Å². The summed E-state index contributed by atoms with van der Waals surface area (Å²) in [6.07, 6.45) is 1.39. The van der Waals surface area contributed by atoms with Crippen molar-refractivity contribution >= 4 is 18.0 Å². The summed E-state index contributed by atoms with van der Waals surface area (Å²) in [5.74, 6) is -1.11. The van der Waals surface area contributed by atoms with Crippen LogP contribution in [0.25, 0.3) is 6.08 Å². The second-order valence-corrected chi connectivity index (χ2v) is 5.50. The molecule has 5 nitrogen and oxygen atoms in total. The van der Waals surface area contributed by atoms with E-state index < -0.39 is 11.9 Å². The molecule has 128 valence electrons. The molecule has 0 aromatic heterocycles. The molecule has 0 radical (unpaired) electrons. The summed E-state index contributed by atoms with van der Waals surface area (Å²) in [6.45, 7) is 5.99. The number of ether oxygens (including phenoxy) is 1. The van der Waals surface area contributed by atoms with Crippen molar-refractivity contribution in [2.45, 2.75) is 6.92 Å². The summed E-state index contributed by atoms with van der Waals surface area (Å²) in [4.78, 5) is 23.6. The fourth-order valence-corrected chi connectivity index (χ4v) is 2.00. The summed E-state index contributed by atoms with van der Waals surface area (Å²) in [6, 6.07) is 15.4. The molecule has 2 rings (SSSR count). The van der Waals surface area contributed by atoms with Crippen molar-refractivity contribution in [1.82, 2.24) is 5.32 Å².